The van der Waals surface area contributed by atoms with E-state index in [2.05, 4.69) is 69.2 Å². The molecule has 0 atom stereocenters. The largest absolute Gasteiger partial charge is 0.481 e. The molecule has 0 unspecified atom stereocenters. The Labute approximate surface area is 807 Å². The minimum Gasteiger partial charge on any atom is -0.481 e. The van der Waals surface area contributed by atoms with Gasteiger partial charge in [0.1, 0.15) is 0 Å². The summed E-state index contributed by atoms with van der Waals surface area (Å²) in [5.74, 6) is -6.64. The molecule has 0 saturated carbocycles. The lowest BCUT2D eigenvalue weighted by Gasteiger charge is -2.03. The summed E-state index contributed by atoms with van der Waals surface area (Å²) < 4.78 is 0. The average molecular weight is 1880 g/mol. The second kappa shape index (κ2) is 143. The van der Waals surface area contributed by atoms with Gasteiger partial charge < -0.3 is 51.1 Å². The summed E-state index contributed by atoms with van der Waals surface area (Å²) >= 11 is 0. The van der Waals surface area contributed by atoms with Gasteiger partial charge in [0.25, 0.3) is 0 Å². The van der Waals surface area contributed by atoms with Crippen LogP contribution in [0.2, 0.25) is 0 Å². The van der Waals surface area contributed by atoms with Gasteiger partial charge in [0, 0.05) is 64.2 Å². The lowest BCUT2D eigenvalue weighted by atomic mass is 10.0. The molecule has 10 N–H and O–H groups in total. The highest BCUT2D eigenvalue weighted by molar-refractivity contribution is 5.69. The van der Waals surface area contributed by atoms with Crippen molar-refractivity contribution in [3.05, 3.63) is 0 Å². The maximum atomic E-state index is 10.3. The van der Waals surface area contributed by atoms with E-state index in [4.69, 9.17) is 51.1 Å². The Hall–Kier alpha value is -5.30. The van der Waals surface area contributed by atoms with E-state index in [1.807, 2.05) is 0 Å². The van der Waals surface area contributed by atoms with Crippen LogP contribution in [-0.2, 0) is 47.9 Å². The van der Waals surface area contributed by atoms with Gasteiger partial charge in [-0.25, -0.2) is 0 Å². The average Bonchev–Trinajstić information content (AvgIpc) is 1.11. The van der Waals surface area contributed by atoms with Crippen molar-refractivity contribution in [2.24, 2.45) is 0 Å². The highest BCUT2D eigenvalue weighted by Crippen LogP contribution is 2.19. The molecular formula is C111H222O20. The summed E-state index contributed by atoms with van der Waals surface area (Å²) in [7, 11) is 0. The molecule has 0 amide bonds. The summed E-state index contributed by atoms with van der Waals surface area (Å²) in [6, 6.07) is 0. The monoisotopic (exact) mass is 1880 g/mol. The van der Waals surface area contributed by atoms with Crippen molar-refractivity contribution in [1.29, 1.82) is 0 Å². The number of unbranched alkanes of at least 4 members (excludes halogenated alkanes) is 71. The fraction of sp³-hybridized carbons (Fsp3) is 0.910. The van der Waals surface area contributed by atoms with Crippen molar-refractivity contribution in [3.8, 4) is 0 Å². The molecule has 0 saturated heterocycles. The fourth-order valence-electron chi connectivity index (χ4n) is 14.3. The Balaban J connectivity index is -0.000000157. The first kappa shape index (κ1) is 146. The molecule has 20 heteroatoms. The van der Waals surface area contributed by atoms with Crippen LogP contribution in [0.3, 0.4) is 0 Å². The number of carboxylic acids is 10. The summed E-state index contributed by atoms with van der Waals surface area (Å²) in [6.45, 7) is 21.9. The number of hydrogen-bond donors (Lipinski definition) is 10. The topological polar surface area (TPSA) is 373 Å². The molecule has 0 bridgehead atoms. The van der Waals surface area contributed by atoms with Crippen molar-refractivity contribution >= 4 is 59.7 Å². The molecular weight excluding hydrogens is 1650 g/mol. The second-order valence-corrected chi connectivity index (χ2v) is 36.5. The van der Waals surface area contributed by atoms with Crippen molar-refractivity contribution in [2.75, 3.05) is 0 Å². The van der Waals surface area contributed by atoms with E-state index < -0.39 is 59.7 Å². The minimum absolute atomic E-state index is 0.327. The Morgan fingerprint density at radius 3 is 0.206 bits per heavy atom. The van der Waals surface area contributed by atoms with Crippen LogP contribution in [0.1, 0.15) is 654 Å². The number of hydrogen-bond acceptors (Lipinski definition) is 10. The highest BCUT2D eigenvalue weighted by Gasteiger charge is 2.05. The van der Waals surface area contributed by atoms with Gasteiger partial charge in [0.05, 0.1) is 0 Å². The van der Waals surface area contributed by atoms with Gasteiger partial charge in [-0.2, -0.15) is 0 Å². The number of carbonyl (C=O) groups is 10. The minimum atomic E-state index is -0.682. The first-order chi connectivity index (χ1) is 63.2. The molecule has 0 aliphatic carbocycles. The number of rotatable bonds is 91. The van der Waals surface area contributed by atoms with Gasteiger partial charge in [0.15, 0.2) is 0 Å². The number of carboxylic acid groups (broad SMARTS) is 10. The zero-order chi connectivity index (χ0) is 100. The standard InChI is InChI=1S/C18H36O2.C16H32O2.C14H28O2.C12H24O2.C11H22O2.C10H20O2.C9H18O2.C8H16O2.C7H14O2.C6H12O2/c1-2-3-4-5-6-7-8-9-10-11-12-13-14-15-16-17-18(19)20;1-2-3-4-5-6-7-8-9-10-11-12-13-14-15-16(17)18;1-2-3-4-5-6-7-8-9-10-11-12-13-14(15)16;1-2-3-4-5-6-7-8-9-10-11-12(13)14;1-2-3-4-5-6-7-8-9-10-11(12)13;1-2-3-4-5-6-7-8-9-10(11)12;1-2-3-4-5-6-7-8-9(10)11;1-2-3-4-5-6-7-8(9)10;1-2-3-4-5-6-7(8)9;1-2-3-4-5-6(7)8/h2-17H2,1H3,(H,19,20);2-15H2,1H3,(H,17,18);2-13H2,1H3,(H,15,16);2-11H2,1H3,(H,13,14);2-10H2,1H3,(H,12,13);2-9H2,1H3,(H,11,12);2-8H2,1H3,(H,10,11);2-7H2,1H3,(H,9,10);2-6H2,1H3,(H,8,9);2-5H2,1H3,(H,7,8). The first-order valence-electron chi connectivity index (χ1n) is 55.4. The second-order valence-electron chi connectivity index (χ2n) is 36.5. The first-order valence-corrected chi connectivity index (χ1v) is 55.4. The molecule has 20 nitrogen and oxygen atoms in total. The van der Waals surface area contributed by atoms with Crippen LogP contribution in [-0.4, -0.2) is 111 Å². The summed E-state index contributed by atoms with van der Waals surface area (Å²) in [5, 5.41) is 83.6. The van der Waals surface area contributed by atoms with E-state index in [0.29, 0.717) is 64.2 Å². The fourth-order valence-corrected chi connectivity index (χ4v) is 14.3. The lowest BCUT2D eigenvalue weighted by molar-refractivity contribution is -0.138. The SMILES string of the molecule is CCCCCC(=O)O.CCCCCCC(=O)O.CCCCCCCC(=O)O.CCCCCCCCC(=O)O.CCCCCCCCCC(=O)O.CCCCCCCCCCC(=O)O.CCCCCCCCCCCC(=O)O.CCCCCCCCCCCCCC(=O)O.CCCCCCCCCCCCCCCC(=O)O.CCCCCCCCCCCCCCCCCC(=O)O. The summed E-state index contributed by atoms with van der Waals surface area (Å²) in [6.07, 6.45) is 103. The van der Waals surface area contributed by atoms with Crippen LogP contribution in [0.25, 0.3) is 0 Å². The van der Waals surface area contributed by atoms with Gasteiger partial charge in [0.2, 0.25) is 0 Å². The third-order valence-corrected chi connectivity index (χ3v) is 22.7. The predicted octanol–water partition coefficient (Wildman–Crippen LogP) is 36.4. The zero-order valence-corrected chi connectivity index (χ0v) is 87.9. The van der Waals surface area contributed by atoms with E-state index in [1.54, 1.807) is 0 Å². The van der Waals surface area contributed by atoms with E-state index in [9.17, 15) is 47.9 Å². The van der Waals surface area contributed by atoms with E-state index in [0.717, 1.165) is 141 Å². The molecule has 0 heterocycles. The third kappa shape index (κ3) is 205. The van der Waals surface area contributed by atoms with Gasteiger partial charge in [-0.15, -0.1) is 0 Å². The zero-order valence-electron chi connectivity index (χ0n) is 87.9. The molecule has 0 aliphatic rings. The van der Waals surface area contributed by atoms with Gasteiger partial charge in [-0.3, -0.25) is 47.9 Å². The molecule has 0 aromatic rings. The molecule has 0 fully saturated rings. The maximum absolute atomic E-state index is 10.3. The van der Waals surface area contributed by atoms with E-state index >= 15 is 0 Å². The Kier molecular flexibility index (Phi) is 159. The predicted molar refractivity (Wildman–Crippen MR) is 553 cm³/mol. The molecule has 0 spiro atoms. The highest BCUT2D eigenvalue weighted by atomic mass is 16.4. The van der Waals surface area contributed by atoms with Gasteiger partial charge in [-0.1, -0.05) is 525 Å². The third-order valence-electron chi connectivity index (χ3n) is 22.7. The van der Waals surface area contributed by atoms with Crippen molar-refractivity contribution in [2.45, 2.75) is 654 Å². The van der Waals surface area contributed by atoms with Crippen LogP contribution in [0.15, 0.2) is 0 Å². The van der Waals surface area contributed by atoms with Crippen molar-refractivity contribution in [3.63, 3.8) is 0 Å². The van der Waals surface area contributed by atoms with Crippen LogP contribution in [0.5, 0.6) is 0 Å². The normalized spacial score (nSPS) is 10.2. The van der Waals surface area contributed by atoms with Crippen molar-refractivity contribution in [1.82, 2.24) is 0 Å². The van der Waals surface area contributed by atoms with Crippen LogP contribution in [0, 0.1) is 0 Å². The maximum Gasteiger partial charge on any atom is 0.303 e. The quantitative estimate of drug-likeness (QED) is 0.0253. The van der Waals surface area contributed by atoms with Gasteiger partial charge >= 0.3 is 59.7 Å². The summed E-state index contributed by atoms with van der Waals surface area (Å²) in [4.78, 5) is 101. The molecule has 0 aromatic heterocycles. The van der Waals surface area contributed by atoms with Crippen LogP contribution >= 0.6 is 0 Å². The van der Waals surface area contributed by atoms with E-state index in [-0.39, 0.29) is 0 Å². The van der Waals surface area contributed by atoms with Crippen LogP contribution in [0.4, 0.5) is 0 Å². The molecule has 0 aromatic carbocycles. The Morgan fingerprint density at radius 2 is 0.137 bits per heavy atom. The van der Waals surface area contributed by atoms with Gasteiger partial charge in [-0.05, 0) is 64.2 Å². The summed E-state index contributed by atoms with van der Waals surface area (Å²) in [5.41, 5.74) is 0. The smallest absolute Gasteiger partial charge is 0.303 e. The number of aliphatic carboxylic acids is 10. The molecule has 786 valence electrons. The molecule has 0 rings (SSSR count). The lowest BCUT2D eigenvalue weighted by Crippen LogP contribution is -1.93. The van der Waals surface area contributed by atoms with E-state index in [1.165, 1.54) is 379 Å². The Bertz CT molecular complexity index is 2230. The molecule has 0 aliphatic heterocycles. The van der Waals surface area contributed by atoms with Crippen molar-refractivity contribution < 1.29 is 99.0 Å². The molecule has 0 radical (unpaired) electrons. The molecule has 131 heavy (non-hydrogen) atoms. The van der Waals surface area contributed by atoms with Crippen LogP contribution < -0.4 is 0 Å². The Morgan fingerprint density at radius 1 is 0.0916 bits per heavy atom.